The molecule has 4 heteroatoms. The molecule has 0 fully saturated rings. The van der Waals surface area contributed by atoms with Gasteiger partial charge < -0.3 is 4.57 Å². The first-order chi connectivity index (χ1) is 3.93. The smallest absolute Gasteiger partial charge is 0.135 e. The summed E-state index contributed by atoms with van der Waals surface area (Å²) in [5.74, 6) is 0. The van der Waals surface area contributed by atoms with Crippen LogP contribution in [0.25, 0.3) is 0 Å². The van der Waals surface area contributed by atoms with Crippen LogP contribution in [-0.2, 0) is 6.67 Å². The minimum atomic E-state index is 0.375. The minimum absolute atomic E-state index is 0.375. The van der Waals surface area contributed by atoms with E-state index in [1.807, 2.05) is 0 Å². The maximum Gasteiger partial charge on any atom is 0.135 e. The number of nitrogens with zero attached hydrogens (tertiary/aromatic N) is 3. The fraction of sp³-hybridized carbons (Fsp3) is 0.250. The fourth-order valence-electron chi connectivity index (χ4n) is 0.452. The van der Waals surface area contributed by atoms with E-state index in [0.717, 1.165) is 0 Å². The largest absolute Gasteiger partial charge is 0.316 e. The summed E-state index contributed by atoms with van der Waals surface area (Å²) in [6.07, 6.45) is 5.04. The van der Waals surface area contributed by atoms with Crippen LogP contribution < -0.4 is 0 Å². The molecule has 4 nitrogen and oxygen atoms in total. The van der Waals surface area contributed by atoms with Gasteiger partial charge in [-0.2, -0.15) is 5.11 Å². The summed E-state index contributed by atoms with van der Waals surface area (Å²) in [5, 5.41) is 3.15. The van der Waals surface area contributed by atoms with Gasteiger partial charge in [0.15, 0.2) is 0 Å². The summed E-state index contributed by atoms with van der Waals surface area (Å²) in [5.41, 5.74) is 6.46. The number of aromatic nitrogens is 2. The first kappa shape index (κ1) is 4.96. The SMILES string of the molecule is N=NCn1ccnc1. The Balaban J connectivity index is 2.62. The molecule has 0 aromatic carbocycles. The van der Waals surface area contributed by atoms with E-state index < -0.39 is 0 Å². The molecule has 1 rings (SSSR count). The average molecular weight is 110 g/mol. The summed E-state index contributed by atoms with van der Waals surface area (Å²) in [7, 11) is 0. The zero-order chi connectivity index (χ0) is 5.82. The van der Waals surface area contributed by atoms with Gasteiger partial charge >= 0.3 is 0 Å². The second-order valence-corrected chi connectivity index (χ2v) is 1.38. The Morgan fingerprint density at radius 3 is 3.12 bits per heavy atom. The van der Waals surface area contributed by atoms with Crippen molar-refractivity contribution in [3.05, 3.63) is 18.7 Å². The Hall–Kier alpha value is -1.19. The third kappa shape index (κ3) is 0.900. The second kappa shape index (κ2) is 2.20. The molecule has 0 aliphatic carbocycles. The molecule has 0 unspecified atom stereocenters. The van der Waals surface area contributed by atoms with Crippen molar-refractivity contribution in [2.75, 3.05) is 0 Å². The molecule has 0 bridgehead atoms. The summed E-state index contributed by atoms with van der Waals surface area (Å²) in [6.45, 7) is 0.375. The van der Waals surface area contributed by atoms with Gasteiger partial charge in [0.25, 0.3) is 0 Å². The normalized spacial score (nSPS) is 9.00. The molecule has 1 N–H and O–H groups in total. The molecule has 1 aromatic rings. The predicted octanol–water partition coefficient (Wildman–Crippen LogP) is 0.872. The van der Waals surface area contributed by atoms with Crippen molar-refractivity contribution in [3.63, 3.8) is 0 Å². The highest BCUT2D eigenvalue weighted by Crippen LogP contribution is 1.83. The summed E-state index contributed by atoms with van der Waals surface area (Å²) in [4.78, 5) is 3.76. The predicted molar refractivity (Wildman–Crippen MR) is 27.4 cm³/mol. The molecule has 0 aliphatic rings. The minimum Gasteiger partial charge on any atom is -0.316 e. The van der Waals surface area contributed by atoms with Crippen molar-refractivity contribution in [2.24, 2.45) is 5.11 Å². The molecule has 0 spiro atoms. The van der Waals surface area contributed by atoms with Crippen LogP contribution in [0.3, 0.4) is 0 Å². The Morgan fingerprint density at radius 2 is 2.62 bits per heavy atom. The van der Waals surface area contributed by atoms with E-state index in [9.17, 15) is 0 Å². The van der Waals surface area contributed by atoms with Gasteiger partial charge in [-0.15, -0.1) is 0 Å². The van der Waals surface area contributed by atoms with Crippen molar-refractivity contribution in [2.45, 2.75) is 6.67 Å². The topological polar surface area (TPSA) is 54.0 Å². The van der Waals surface area contributed by atoms with Gasteiger partial charge in [-0.25, -0.2) is 10.5 Å². The third-order valence-electron chi connectivity index (χ3n) is 0.793. The van der Waals surface area contributed by atoms with Gasteiger partial charge in [-0.1, -0.05) is 0 Å². The highest BCUT2D eigenvalue weighted by atomic mass is 15.1. The van der Waals surface area contributed by atoms with Gasteiger partial charge in [0, 0.05) is 12.4 Å². The standard InChI is InChI=1S/C4H6N4/c5-7-4-8-2-1-6-3-8/h1-3,5H,4H2. The van der Waals surface area contributed by atoms with Crippen LogP contribution in [0.15, 0.2) is 23.8 Å². The maximum absolute atomic E-state index is 6.46. The van der Waals surface area contributed by atoms with Crippen LogP contribution in [0.1, 0.15) is 0 Å². The van der Waals surface area contributed by atoms with E-state index in [1.54, 1.807) is 23.3 Å². The summed E-state index contributed by atoms with van der Waals surface area (Å²) in [6, 6.07) is 0. The summed E-state index contributed by atoms with van der Waals surface area (Å²) < 4.78 is 1.72. The van der Waals surface area contributed by atoms with E-state index in [4.69, 9.17) is 5.53 Å². The number of hydrogen-bond acceptors (Lipinski definition) is 3. The highest BCUT2D eigenvalue weighted by molar-refractivity contribution is 4.72. The number of hydrogen-bond donors (Lipinski definition) is 1. The molecule has 42 valence electrons. The van der Waals surface area contributed by atoms with E-state index in [1.165, 1.54) is 0 Å². The van der Waals surface area contributed by atoms with Gasteiger partial charge in [0.2, 0.25) is 0 Å². The van der Waals surface area contributed by atoms with Crippen molar-refractivity contribution in [1.82, 2.24) is 9.55 Å². The van der Waals surface area contributed by atoms with Gasteiger partial charge in [0.1, 0.15) is 6.67 Å². The Bertz CT molecular complexity index is 155. The van der Waals surface area contributed by atoms with Crippen LogP contribution in [-0.4, -0.2) is 9.55 Å². The van der Waals surface area contributed by atoms with E-state index in [-0.39, 0.29) is 0 Å². The molecule has 0 amide bonds. The van der Waals surface area contributed by atoms with E-state index in [0.29, 0.717) is 6.67 Å². The number of rotatable bonds is 2. The second-order valence-electron chi connectivity index (χ2n) is 1.38. The molecule has 0 saturated heterocycles. The van der Waals surface area contributed by atoms with E-state index >= 15 is 0 Å². The Kier molecular flexibility index (Phi) is 1.37. The van der Waals surface area contributed by atoms with Crippen molar-refractivity contribution < 1.29 is 0 Å². The Labute approximate surface area is 46.7 Å². The Morgan fingerprint density at radius 1 is 1.75 bits per heavy atom. The van der Waals surface area contributed by atoms with Crippen molar-refractivity contribution in [1.29, 1.82) is 5.53 Å². The molecule has 1 heterocycles. The maximum atomic E-state index is 6.46. The molecule has 0 radical (unpaired) electrons. The van der Waals surface area contributed by atoms with Crippen LogP contribution >= 0.6 is 0 Å². The summed E-state index contributed by atoms with van der Waals surface area (Å²) >= 11 is 0. The van der Waals surface area contributed by atoms with Gasteiger partial charge in [0.05, 0.1) is 6.33 Å². The molecule has 0 atom stereocenters. The van der Waals surface area contributed by atoms with Crippen LogP contribution in [0.4, 0.5) is 0 Å². The van der Waals surface area contributed by atoms with Gasteiger partial charge in [-0.3, -0.25) is 0 Å². The lowest BCUT2D eigenvalue weighted by Gasteiger charge is -1.88. The van der Waals surface area contributed by atoms with Gasteiger partial charge in [-0.05, 0) is 0 Å². The zero-order valence-electron chi connectivity index (χ0n) is 4.28. The lowest BCUT2D eigenvalue weighted by molar-refractivity contribution is 0.680. The lowest BCUT2D eigenvalue weighted by Crippen LogP contribution is -1.87. The molecular weight excluding hydrogens is 104 g/mol. The first-order valence-corrected chi connectivity index (χ1v) is 2.22. The molecule has 0 saturated carbocycles. The third-order valence-corrected chi connectivity index (χ3v) is 0.793. The molecule has 0 aliphatic heterocycles. The highest BCUT2D eigenvalue weighted by Gasteiger charge is 1.80. The lowest BCUT2D eigenvalue weighted by atomic mass is 10.9. The van der Waals surface area contributed by atoms with Crippen LogP contribution in [0.2, 0.25) is 0 Å². The monoisotopic (exact) mass is 110 g/mol. The first-order valence-electron chi connectivity index (χ1n) is 2.22. The van der Waals surface area contributed by atoms with Crippen molar-refractivity contribution >= 4 is 0 Å². The fourth-order valence-corrected chi connectivity index (χ4v) is 0.452. The molecular formula is C4H6N4. The van der Waals surface area contributed by atoms with Crippen LogP contribution in [0.5, 0.6) is 0 Å². The van der Waals surface area contributed by atoms with E-state index in [2.05, 4.69) is 10.1 Å². The van der Waals surface area contributed by atoms with Crippen molar-refractivity contribution in [3.8, 4) is 0 Å². The number of nitrogens with one attached hydrogen (secondary N) is 1. The van der Waals surface area contributed by atoms with Crippen LogP contribution in [0, 0.1) is 5.53 Å². The zero-order valence-corrected chi connectivity index (χ0v) is 4.28. The molecule has 1 aromatic heterocycles. The molecule has 8 heavy (non-hydrogen) atoms. The quantitative estimate of drug-likeness (QED) is 0.564. The number of imidazole rings is 1. The average Bonchev–Trinajstić information content (AvgIpc) is 2.19.